The highest BCUT2D eigenvalue weighted by atomic mass is 32.1. The van der Waals surface area contributed by atoms with E-state index < -0.39 is 60.5 Å². The molecule has 0 atom stereocenters. The van der Waals surface area contributed by atoms with Gasteiger partial charge in [0.25, 0.3) is 0 Å². The first-order valence-corrected chi connectivity index (χ1v) is 12.4. The third kappa shape index (κ3) is 6.01. The number of nitrogens with zero attached hydrogens (tertiary/aromatic N) is 1. The first kappa shape index (κ1) is 36.8. The molecule has 0 radical (unpaired) electrons. The molecule has 246 valence electrons. The second-order valence-electron chi connectivity index (χ2n) is 9.30. The van der Waals surface area contributed by atoms with Crippen molar-refractivity contribution < 1.29 is 84.3 Å². The van der Waals surface area contributed by atoms with Gasteiger partial charge >= 0.3 is 47.6 Å². The zero-order valence-corrected chi connectivity index (χ0v) is 22.0. The lowest BCUT2D eigenvalue weighted by atomic mass is 9.87. The van der Waals surface area contributed by atoms with Gasteiger partial charge in [0, 0.05) is 31.9 Å². The van der Waals surface area contributed by atoms with Crippen LogP contribution in [0.4, 0.5) is 74.6 Å². The van der Waals surface area contributed by atoms with Crippen molar-refractivity contribution in [3.63, 3.8) is 0 Å². The van der Waals surface area contributed by atoms with Crippen molar-refractivity contribution in [3.8, 4) is 0 Å². The van der Waals surface area contributed by atoms with E-state index in [1.54, 1.807) is 17.0 Å². The van der Waals surface area contributed by atoms with E-state index in [-0.39, 0.29) is 18.7 Å². The Morgan fingerprint density at radius 1 is 0.605 bits per heavy atom. The molecule has 0 aliphatic carbocycles. The molecule has 2 rings (SSSR count). The van der Waals surface area contributed by atoms with E-state index in [1.165, 1.54) is 23.5 Å². The number of hydrogen-bond donors (Lipinski definition) is 1. The first-order chi connectivity index (χ1) is 19.1. The highest BCUT2D eigenvalue weighted by Crippen LogP contribution is 2.64. The van der Waals surface area contributed by atoms with Crippen LogP contribution in [0.5, 0.6) is 0 Å². The Hall–Kier alpha value is -2.38. The monoisotopic (exact) mass is 680 g/mol. The maximum atomic E-state index is 14.2. The summed E-state index contributed by atoms with van der Waals surface area (Å²) in [5.74, 6) is -56.3. The lowest BCUT2D eigenvalue weighted by Gasteiger charge is -2.42. The van der Waals surface area contributed by atoms with Gasteiger partial charge in [0.1, 0.15) is 0 Å². The number of alkyl halides is 17. The summed E-state index contributed by atoms with van der Waals surface area (Å²) < 4.78 is 229. The Morgan fingerprint density at radius 2 is 1.02 bits per heavy atom. The van der Waals surface area contributed by atoms with Gasteiger partial charge < -0.3 is 5.11 Å². The van der Waals surface area contributed by atoms with Gasteiger partial charge in [-0.05, 0) is 12.0 Å². The van der Waals surface area contributed by atoms with Crippen molar-refractivity contribution in [2.24, 2.45) is 0 Å². The molecule has 1 N–H and O–H groups in total. The molecule has 0 aliphatic rings. The van der Waals surface area contributed by atoms with Crippen molar-refractivity contribution >= 4 is 11.3 Å². The average molecular weight is 680 g/mol. The molecule has 2 nitrogen and oxygen atoms in total. The van der Waals surface area contributed by atoms with Crippen molar-refractivity contribution in [1.82, 2.24) is 0 Å². The van der Waals surface area contributed by atoms with Gasteiger partial charge in [-0.15, -0.1) is 0 Å². The largest absolute Gasteiger partial charge is 0.460 e. The summed E-state index contributed by atoms with van der Waals surface area (Å²) in [6.07, 6.45) is -11.3. The molecule has 0 unspecified atom stereocenters. The Labute approximate surface area is 234 Å². The zero-order valence-electron chi connectivity index (χ0n) is 21.2. The fourth-order valence-corrected chi connectivity index (χ4v) is 4.60. The number of aliphatic hydroxyl groups excluding tert-OH is 1. The smallest absolute Gasteiger partial charge is 0.396 e. The Bertz CT molecular complexity index is 1250. The number of halogens is 17. The number of hydrogen-bond acceptors (Lipinski definition) is 2. The van der Waals surface area contributed by atoms with Gasteiger partial charge in [0.05, 0.1) is 4.88 Å². The van der Waals surface area contributed by atoms with Crippen LogP contribution in [-0.2, 0) is 19.4 Å². The number of rotatable bonds is 13. The SMILES string of the molecule is Cc1c(CCO)sc[n+]1Cc1ccc(CCC(F)(F)C(F)(F)C(F)(F)C(F)(F)C(F)(F)C(F)(F)C(F)(F)C(F)(F)F)cc1. The second kappa shape index (κ2) is 11.5. The number of aryl methyl sites for hydroxylation is 1. The quantitative estimate of drug-likeness (QED) is 0.169. The molecule has 43 heavy (non-hydrogen) atoms. The molecule has 2 aromatic rings. The highest BCUT2D eigenvalue weighted by Gasteiger charge is 2.95. The van der Waals surface area contributed by atoms with Gasteiger partial charge in [0.15, 0.2) is 12.2 Å². The van der Waals surface area contributed by atoms with E-state index in [4.69, 9.17) is 5.11 Å². The van der Waals surface area contributed by atoms with Crippen LogP contribution in [-0.4, -0.2) is 59.3 Å². The molecule has 20 heteroatoms. The number of thiazole rings is 1. The molecule has 0 bridgehead atoms. The summed E-state index contributed by atoms with van der Waals surface area (Å²) in [5, 5.41) is 9.03. The fraction of sp³-hybridized carbons (Fsp3) is 0.609. The average Bonchev–Trinajstić information content (AvgIpc) is 3.21. The summed E-state index contributed by atoms with van der Waals surface area (Å²) in [5.41, 5.74) is 2.60. The van der Waals surface area contributed by atoms with Crippen molar-refractivity contribution in [1.29, 1.82) is 0 Å². The molecule has 0 fully saturated rings. The van der Waals surface area contributed by atoms with Crippen molar-refractivity contribution in [3.05, 3.63) is 51.5 Å². The molecule has 0 amide bonds. The minimum Gasteiger partial charge on any atom is -0.396 e. The van der Waals surface area contributed by atoms with Gasteiger partial charge in [0.2, 0.25) is 5.51 Å². The number of aromatic nitrogens is 1. The minimum atomic E-state index is -8.63. The third-order valence-electron chi connectivity index (χ3n) is 6.39. The molecular weight excluding hydrogens is 661 g/mol. The van der Waals surface area contributed by atoms with E-state index in [2.05, 4.69) is 0 Å². The molecule has 1 heterocycles. The summed E-state index contributed by atoms with van der Waals surface area (Å²) in [7, 11) is 0. The van der Waals surface area contributed by atoms with Crippen LogP contribution >= 0.6 is 11.3 Å². The predicted molar refractivity (Wildman–Crippen MR) is 115 cm³/mol. The van der Waals surface area contributed by atoms with Crippen LogP contribution in [0.1, 0.15) is 28.1 Å². The van der Waals surface area contributed by atoms with E-state index in [0.29, 0.717) is 12.0 Å². The van der Waals surface area contributed by atoms with Crippen molar-refractivity contribution in [2.45, 2.75) is 80.4 Å². The third-order valence-corrected chi connectivity index (χ3v) is 7.53. The summed E-state index contributed by atoms with van der Waals surface area (Å²) in [4.78, 5) is 0.834. The van der Waals surface area contributed by atoms with Crippen LogP contribution < -0.4 is 4.57 Å². The zero-order chi connectivity index (χ0) is 33.7. The second-order valence-corrected chi connectivity index (χ2v) is 10.2. The highest BCUT2D eigenvalue weighted by molar-refractivity contribution is 7.09. The molecule has 0 saturated carbocycles. The summed E-state index contributed by atoms with van der Waals surface area (Å²) in [6, 6.07) is 4.55. The molecule has 0 saturated heterocycles. The van der Waals surface area contributed by atoms with Crippen LogP contribution in [0.3, 0.4) is 0 Å². The lowest BCUT2D eigenvalue weighted by Crippen LogP contribution is -2.74. The first-order valence-electron chi connectivity index (χ1n) is 11.5. The van der Waals surface area contributed by atoms with E-state index >= 15 is 0 Å². The number of aliphatic hydroxyl groups is 1. The Balaban J connectivity index is 2.28. The number of benzene rings is 1. The topological polar surface area (TPSA) is 24.1 Å². The molecular formula is C23H19F17NOS+. The minimum absolute atomic E-state index is 0.133. The van der Waals surface area contributed by atoms with Gasteiger partial charge in [-0.25, -0.2) is 0 Å². The van der Waals surface area contributed by atoms with Crippen LogP contribution in [0.2, 0.25) is 0 Å². The molecule has 1 aromatic heterocycles. The van der Waals surface area contributed by atoms with Gasteiger partial charge in [-0.2, -0.15) is 79.2 Å². The van der Waals surface area contributed by atoms with E-state index in [1.807, 2.05) is 0 Å². The molecule has 0 spiro atoms. The fourth-order valence-electron chi connectivity index (χ4n) is 3.61. The lowest BCUT2D eigenvalue weighted by molar-refractivity contribution is -0.689. The maximum absolute atomic E-state index is 14.2. The van der Waals surface area contributed by atoms with E-state index in [0.717, 1.165) is 22.7 Å². The van der Waals surface area contributed by atoms with Gasteiger partial charge in [-0.3, -0.25) is 0 Å². The molecule has 1 aromatic carbocycles. The predicted octanol–water partition coefficient (Wildman–Crippen LogP) is 7.87. The standard InChI is InChI=1S/C23H19F17NOS/c1-12-15(7-9-42)43-11-41(12)10-14-4-2-13(3-5-14)6-8-16(24,25)17(26,27)18(28,29)19(30,31)20(32,33)21(34,35)22(36,37)23(38,39)40/h2-5,11,42H,6-10H2,1H3/q+1. The normalized spacial score (nSPS) is 14.9. The van der Waals surface area contributed by atoms with Gasteiger partial charge in [-0.1, -0.05) is 35.6 Å². The maximum Gasteiger partial charge on any atom is 0.460 e. The van der Waals surface area contributed by atoms with Crippen LogP contribution in [0.15, 0.2) is 29.8 Å². The van der Waals surface area contributed by atoms with E-state index in [9.17, 15) is 74.6 Å². The Kier molecular flexibility index (Phi) is 9.86. The summed E-state index contributed by atoms with van der Waals surface area (Å²) >= 11 is 1.30. The van der Waals surface area contributed by atoms with Crippen LogP contribution in [0.25, 0.3) is 0 Å². The van der Waals surface area contributed by atoms with Crippen molar-refractivity contribution in [2.75, 3.05) is 6.61 Å². The van der Waals surface area contributed by atoms with Crippen LogP contribution in [0, 0.1) is 6.92 Å². The summed E-state index contributed by atoms with van der Waals surface area (Å²) in [6.45, 7) is 1.76. The molecule has 0 aliphatic heterocycles. The Morgan fingerprint density at radius 3 is 1.47 bits per heavy atom.